The van der Waals surface area contributed by atoms with Gasteiger partial charge in [-0.05, 0) is 90.3 Å². The van der Waals surface area contributed by atoms with Crippen LogP contribution in [-0.2, 0) is 10.2 Å². The number of benzene rings is 4. The summed E-state index contributed by atoms with van der Waals surface area (Å²) >= 11 is 0. The Kier molecular flexibility index (Phi) is 8.51. The van der Waals surface area contributed by atoms with Gasteiger partial charge in [0, 0.05) is 23.7 Å². The Morgan fingerprint density at radius 3 is 1.54 bits per heavy atom. The minimum absolute atomic E-state index is 0.133. The summed E-state index contributed by atoms with van der Waals surface area (Å²) in [5, 5.41) is 5.44. The lowest BCUT2D eigenvalue weighted by Crippen LogP contribution is -2.22. The average molecular weight is 525 g/mol. The molecule has 0 aliphatic carbocycles. The van der Waals surface area contributed by atoms with Gasteiger partial charge in [0.25, 0.3) is 0 Å². The molecule has 0 aromatic heterocycles. The standard InChI is InChI=1S/C32H32N2O5/c1-5-32(3,23-6-14-27(37-4)15-7-23)24-8-16-30(17-9-24)39-31(36)34-26-12-20-29(21-13-26)38-28-18-10-25(11-19-28)33-22(2)35/h6-21H,5H2,1-4H3,(H,33,35)(H,34,36). The molecule has 4 aromatic rings. The molecule has 4 aromatic carbocycles. The van der Waals surface area contributed by atoms with Crippen molar-refractivity contribution < 1.29 is 23.8 Å². The number of amides is 2. The normalized spacial score (nSPS) is 12.1. The van der Waals surface area contributed by atoms with Gasteiger partial charge < -0.3 is 19.5 Å². The van der Waals surface area contributed by atoms with E-state index in [2.05, 4.69) is 36.6 Å². The van der Waals surface area contributed by atoms with E-state index < -0.39 is 6.09 Å². The van der Waals surface area contributed by atoms with E-state index in [1.807, 2.05) is 24.3 Å². The second-order valence-electron chi connectivity index (χ2n) is 9.29. The monoisotopic (exact) mass is 524 g/mol. The third kappa shape index (κ3) is 6.96. The zero-order valence-electron chi connectivity index (χ0n) is 22.5. The van der Waals surface area contributed by atoms with Gasteiger partial charge in [0.15, 0.2) is 0 Å². The van der Waals surface area contributed by atoms with E-state index >= 15 is 0 Å². The molecule has 0 saturated heterocycles. The number of nitrogens with one attached hydrogen (secondary N) is 2. The van der Waals surface area contributed by atoms with Crippen molar-refractivity contribution in [1.29, 1.82) is 0 Å². The maximum atomic E-state index is 12.5. The molecule has 1 unspecified atom stereocenters. The Bertz CT molecular complexity index is 1400. The lowest BCUT2D eigenvalue weighted by Gasteiger charge is -2.30. The van der Waals surface area contributed by atoms with Gasteiger partial charge in [-0.15, -0.1) is 0 Å². The fourth-order valence-corrected chi connectivity index (χ4v) is 4.23. The molecule has 200 valence electrons. The van der Waals surface area contributed by atoms with Crippen LogP contribution in [0.15, 0.2) is 97.1 Å². The van der Waals surface area contributed by atoms with Crippen LogP contribution in [0.1, 0.15) is 38.3 Å². The van der Waals surface area contributed by atoms with Crippen LogP contribution in [0, 0.1) is 0 Å². The van der Waals surface area contributed by atoms with E-state index in [0.717, 1.165) is 17.7 Å². The number of anilines is 2. The molecule has 39 heavy (non-hydrogen) atoms. The largest absolute Gasteiger partial charge is 0.497 e. The molecule has 0 saturated carbocycles. The molecular weight excluding hydrogens is 492 g/mol. The maximum absolute atomic E-state index is 12.5. The highest BCUT2D eigenvalue weighted by molar-refractivity contribution is 5.88. The zero-order valence-corrected chi connectivity index (χ0v) is 22.5. The van der Waals surface area contributed by atoms with Crippen molar-refractivity contribution in [3.8, 4) is 23.0 Å². The summed E-state index contributed by atoms with van der Waals surface area (Å²) in [5.74, 6) is 2.37. The summed E-state index contributed by atoms with van der Waals surface area (Å²) in [6, 6.07) is 29.7. The predicted octanol–water partition coefficient (Wildman–Crippen LogP) is 7.77. The van der Waals surface area contributed by atoms with E-state index in [1.54, 1.807) is 67.8 Å². The minimum Gasteiger partial charge on any atom is -0.497 e. The number of carbonyl (C=O) groups excluding carboxylic acids is 2. The first kappa shape index (κ1) is 27.3. The highest BCUT2D eigenvalue weighted by Crippen LogP contribution is 2.36. The van der Waals surface area contributed by atoms with Crippen molar-refractivity contribution in [1.82, 2.24) is 0 Å². The van der Waals surface area contributed by atoms with Crippen molar-refractivity contribution in [3.05, 3.63) is 108 Å². The van der Waals surface area contributed by atoms with Gasteiger partial charge >= 0.3 is 6.09 Å². The van der Waals surface area contributed by atoms with Crippen molar-refractivity contribution in [3.63, 3.8) is 0 Å². The van der Waals surface area contributed by atoms with Gasteiger partial charge in [-0.3, -0.25) is 10.1 Å². The van der Waals surface area contributed by atoms with Crippen LogP contribution in [0.2, 0.25) is 0 Å². The summed E-state index contributed by atoms with van der Waals surface area (Å²) in [6.07, 6.45) is 0.320. The lowest BCUT2D eigenvalue weighted by molar-refractivity contribution is -0.114. The number of methoxy groups -OCH3 is 1. The first-order chi connectivity index (χ1) is 18.8. The average Bonchev–Trinajstić information content (AvgIpc) is 2.95. The molecule has 0 fully saturated rings. The van der Waals surface area contributed by atoms with Crippen LogP contribution in [0.5, 0.6) is 23.0 Å². The number of hydrogen-bond acceptors (Lipinski definition) is 5. The molecule has 0 aliphatic heterocycles. The predicted molar refractivity (Wildman–Crippen MR) is 153 cm³/mol. The fourth-order valence-electron chi connectivity index (χ4n) is 4.23. The summed E-state index contributed by atoms with van der Waals surface area (Å²) in [6.45, 7) is 5.81. The molecule has 2 N–H and O–H groups in total. The van der Waals surface area contributed by atoms with Crippen LogP contribution in [0.25, 0.3) is 0 Å². The van der Waals surface area contributed by atoms with Crippen molar-refractivity contribution in [2.45, 2.75) is 32.6 Å². The minimum atomic E-state index is -0.585. The smallest absolute Gasteiger partial charge is 0.417 e. The van der Waals surface area contributed by atoms with Crippen LogP contribution in [-0.4, -0.2) is 19.1 Å². The third-order valence-electron chi connectivity index (χ3n) is 6.65. The molecule has 0 aliphatic rings. The molecule has 1 atom stereocenters. The van der Waals surface area contributed by atoms with E-state index in [1.165, 1.54) is 12.5 Å². The molecule has 4 rings (SSSR count). The van der Waals surface area contributed by atoms with E-state index in [4.69, 9.17) is 14.2 Å². The van der Waals surface area contributed by atoms with Gasteiger partial charge in [-0.1, -0.05) is 38.1 Å². The summed E-state index contributed by atoms with van der Waals surface area (Å²) in [7, 11) is 1.66. The number of carbonyl (C=O) groups is 2. The quantitative estimate of drug-likeness (QED) is 0.234. The molecule has 0 radical (unpaired) electrons. The van der Waals surface area contributed by atoms with Gasteiger partial charge in [0.1, 0.15) is 23.0 Å². The molecule has 2 amide bonds. The van der Waals surface area contributed by atoms with E-state index in [-0.39, 0.29) is 11.3 Å². The van der Waals surface area contributed by atoms with Crippen molar-refractivity contribution in [2.24, 2.45) is 0 Å². The molecular formula is C32H32N2O5. The van der Waals surface area contributed by atoms with Crippen LogP contribution in [0.3, 0.4) is 0 Å². The Morgan fingerprint density at radius 2 is 1.10 bits per heavy atom. The number of hydrogen-bond donors (Lipinski definition) is 2. The Morgan fingerprint density at radius 1 is 0.667 bits per heavy atom. The fraction of sp³-hybridized carbons (Fsp3) is 0.188. The van der Waals surface area contributed by atoms with Crippen LogP contribution >= 0.6 is 0 Å². The molecule has 7 heteroatoms. The Hall–Kier alpha value is -4.78. The Labute approximate surface area is 228 Å². The molecule has 0 spiro atoms. The summed E-state index contributed by atoms with van der Waals surface area (Å²) < 4.78 is 16.6. The van der Waals surface area contributed by atoms with Crippen molar-refractivity contribution in [2.75, 3.05) is 17.7 Å². The van der Waals surface area contributed by atoms with Crippen molar-refractivity contribution >= 4 is 23.4 Å². The molecule has 0 bridgehead atoms. The number of ether oxygens (including phenoxy) is 3. The lowest BCUT2D eigenvalue weighted by atomic mass is 9.74. The highest BCUT2D eigenvalue weighted by atomic mass is 16.6. The third-order valence-corrected chi connectivity index (χ3v) is 6.65. The van der Waals surface area contributed by atoms with Gasteiger partial charge in [-0.25, -0.2) is 4.79 Å². The second kappa shape index (κ2) is 12.2. The van der Waals surface area contributed by atoms with Gasteiger partial charge in [-0.2, -0.15) is 0 Å². The van der Waals surface area contributed by atoms with E-state index in [0.29, 0.717) is 28.6 Å². The maximum Gasteiger partial charge on any atom is 0.417 e. The first-order valence-corrected chi connectivity index (χ1v) is 12.7. The van der Waals surface area contributed by atoms with Gasteiger partial charge in [0.2, 0.25) is 5.91 Å². The SMILES string of the molecule is CCC(C)(c1ccc(OC)cc1)c1ccc(OC(=O)Nc2ccc(Oc3ccc(NC(C)=O)cc3)cc2)cc1. The van der Waals surface area contributed by atoms with Gasteiger partial charge in [0.05, 0.1) is 7.11 Å². The van der Waals surface area contributed by atoms with E-state index in [9.17, 15) is 9.59 Å². The molecule has 0 heterocycles. The second-order valence-corrected chi connectivity index (χ2v) is 9.29. The summed E-state index contributed by atoms with van der Waals surface area (Å²) in [5.41, 5.74) is 3.39. The molecule has 7 nitrogen and oxygen atoms in total. The Balaban J connectivity index is 1.33. The summed E-state index contributed by atoms with van der Waals surface area (Å²) in [4.78, 5) is 23.6. The topological polar surface area (TPSA) is 85.9 Å². The highest BCUT2D eigenvalue weighted by Gasteiger charge is 2.27. The zero-order chi connectivity index (χ0) is 27.8. The first-order valence-electron chi connectivity index (χ1n) is 12.7. The van der Waals surface area contributed by atoms with Crippen LogP contribution < -0.4 is 24.8 Å². The van der Waals surface area contributed by atoms with Crippen LogP contribution in [0.4, 0.5) is 16.2 Å². The number of rotatable bonds is 9.